The van der Waals surface area contributed by atoms with Crippen molar-refractivity contribution in [2.75, 3.05) is 0 Å². The average molecular weight is 859 g/mol. The van der Waals surface area contributed by atoms with Crippen molar-refractivity contribution in [3.8, 4) is 89.0 Å². The topological polar surface area (TPSA) is 0 Å². The normalized spacial score (nSPS) is 11.8. The first-order valence-corrected chi connectivity index (χ1v) is 20.3. The van der Waals surface area contributed by atoms with Gasteiger partial charge in [-0.15, -0.1) is 0 Å². The number of rotatable bonds is 8. The first kappa shape index (κ1) is 41.8. The van der Waals surface area contributed by atoms with Gasteiger partial charge in [-0.3, -0.25) is 0 Å². The maximum Gasteiger partial charge on any atom is 0.419 e. The summed E-state index contributed by atoms with van der Waals surface area (Å²) in [5.41, 5.74) is 8.72. The Bertz CT molecular complexity index is 2770. The maximum absolute atomic E-state index is 14.4. The Morgan fingerprint density at radius 2 is 0.422 bits per heavy atom. The van der Waals surface area contributed by atoms with Crippen LogP contribution in [0.2, 0.25) is 0 Å². The molecule has 0 aliphatic heterocycles. The molecule has 0 aliphatic carbocycles. The molecule has 0 fully saturated rings. The molecular weight excluding hydrogens is 825 g/mol. The van der Waals surface area contributed by atoms with Gasteiger partial charge in [0.25, 0.3) is 0 Å². The minimum atomic E-state index is -4.88. The molecule has 0 atom stereocenters. The Morgan fingerprint density at radius 1 is 0.219 bits per heavy atom. The molecule has 9 aromatic rings. The lowest BCUT2D eigenvalue weighted by Crippen LogP contribution is -2.08. The lowest BCUT2D eigenvalue weighted by Gasteiger charge is -2.29. The monoisotopic (exact) mass is 858 g/mol. The van der Waals surface area contributed by atoms with Crippen molar-refractivity contribution in [3.63, 3.8) is 0 Å². The summed E-state index contributed by atoms with van der Waals surface area (Å²) in [6.45, 7) is 0. The molecular formula is C56H34F8. The fourth-order valence-electron chi connectivity index (χ4n) is 8.40. The van der Waals surface area contributed by atoms with Gasteiger partial charge < -0.3 is 0 Å². The molecule has 0 saturated heterocycles. The molecule has 8 heteroatoms. The first-order valence-electron chi connectivity index (χ1n) is 20.3. The molecule has 64 heavy (non-hydrogen) atoms. The molecule has 0 aromatic heterocycles. The SMILES string of the molecule is Fc1ccc(-c2ccc(-c3c(-c4ccccc4)c(-c4ccccc4)c(-c4ccc(-c5ccc(F)c(C(F)(F)F)c5)cc4)c(-c4ccccc4)c3-c3ccccc3)cc2)cc1C(F)(F)F. The van der Waals surface area contributed by atoms with E-state index in [-0.39, 0.29) is 11.1 Å². The van der Waals surface area contributed by atoms with E-state index in [1.807, 2.05) is 146 Å². The average Bonchev–Trinajstić information content (AvgIpc) is 3.31. The van der Waals surface area contributed by atoms with E-state index in [0.717, 1.165) is 91.0 Å². The summed E-state index contributed by atoms with van der Waals surface area (Å²) in [5.74, 6) is -2.70. The molecule has 0 aliphatic rings. The van der Waals surface area contributed by atoms with E-state index >= 15 is 0 Å². The number of benzene rings is 9. The smallest absolute Gasteiger partial charge is 0.206 e. The Kier molecular flexibility index (Phi) is 11.1. The standard InChI is InChI=1S/C56H34F8/c57-47-31-29-43(33-45(47)55(59,60)61)35-21-25-41(26-22-35)53-49(37-13-5-1-6-14-37)50(38-15-7-2-8-16-38)54(52(40-19-11-4-12-20-40)51(53)39-17-9-3-10-18-39)42-27-23-36(24-28-42)44-30-32-48(58)46(34-44)56(62,63)64/h1-34H. The number of alkyl halides is 6. The molecule has 314 valence electrons. The fourth-order valence-corrected chi connectivity index (χ4v) is 8.40. The van der Waals surface area contributed by atoms with Gasteiger partial charge in [0, 0.05) is 0 Å². The van der Waals surface area contributed by atoms with E-state index in [9.17, 15) is 35.1 Å². The van der Waals surface area contributed by atoms with Crippen LogP contribution < -0.4 is 0 Å². The quantitative estimate of drug-likeness (QED) is 0.134. The van der Waals surface area contributed by atoms with Crippen LogP contribution in [0.5, 0.6) is 0 Å². The van der Waals surface area contributed by atoms with E-state index in [1.165, 1.54) is 12.1 Å². The molecule has 0 unspecified atom stereocenters. The van der Waals surface area contributed by atoms with Crippen LogP contribution in [0.1, 0.15) is 11.1 Å². The van der Waals surface area contributed by atoms with E-state index in [2.05, 4.69) is 0 Å². The predicted octanol–water partition coefficient (Wildman–Crippen LogP) is 17.3. The largest absolute Gasteiger partial charge is 0.419 e. The van der Waals surface area contributed by atoms with Gasteiger partial charge in [0.2, 0.25) is 0 Å². The molecule has 9 aromatic carbocycles. The first-order chi connectivity index (χ1) is 30.9. The number of halogens is 8. The van der Waals surface area contributed by atoms with E-state index in [0.29, 0.717) is 11.1 Å². The van der Waals surface area contributed by atoms with Crippen LogP contribution in [0.25, 0.3) is 89.0 Å². The summed E-state index contributed by atoms with van der Waals surface area (Å²) in [6, 6.07) is 59.9. The summed E-state index contributed by atoms with van der Waals surface area (Å²) >= 11 is 0. The van der Waals surface area contributed by atoms with Crippen molar-refractivity contribution >= 4 is 0 Å². The highest BCUT2D eigenvalue weighted by molar-refractivity contribution is 6.15. The van der Waals surface area contributed by atoms with Crippen LogP contribution in [0, 0.1) is 11.6 Å². The van der Waals surface area contributed by atoms with Crippen LogP contribution in [0.3, 0.4) is 0 Å². The molecule has 0 saturated carbocycles. The number of hydrogen-bond acceptors (Lipinski definition) is 0. The summed E-state index contributed by atoms with van der Waals surface area (Å²) < 4.78 is 112. The van der Waals surface area contributed by atoms with Crippen molar-refractivity contribution in [1.82, 2.24) is 0 Å². The van der Waals surface area contributed by atoms with Crippen LogP contribution in [-0.2, 0) is 12.4 Å². The zero-order valence-electron chi connectivity index (χ0n) is 33.7. The van der Waals surface area contributed by atoms with E-state index < -0.39 is 35.1 Å². The molecule has 0 N–H and O–H groups in total. The molecule has 0 radical (unpaired) electrons. The van der Waals surface area contributed by atoms with Crippen molar-refractivity contribution in [2.24, 2.45) is 0 Å². The Labute approximate surface area is 364 Å². The predicted molar refractivity (Wildman–Crippen MR) is 240 cm³/mol. The third kappa shape index (κ3) is 8.11. The summed E-state index contributed by atoms with van der Waals surface area (Å²) in [4.78, 5) is 0. The third-order valence-electron chi connectivity index (χ3n) is 11.3. The summed E-state index contributed by atoms with van der Waals surface area (Å²) in [5, 5.41) is 0. The fraction of sp³-hybridized carbons (Fsp3) is 0.0357. The molecule has 0 amide bonds. The molecule has 0 nitrogen and oxygen atoms in total. The minimum absolute atomic E-state index is 0.204. The summed E-state index contributed by atoms with van der Waals surface area (Å²) in [7, 11) is 0. The van der Waals surface area contributed by atoms with Gasteiger partial charge in [-0.1, -0.05) is 182 Å². The second-order valence-electron chi connectivity index (χ2n) is 15.3. The van der Waals surface area contributed by atoms with Crippen molar-refractivity contribution in [2.45, 2.75) is 12.4 Å². The van der Waals surface area contributed by atoms with E-state index in [1.54, 1.807) is 24.3 Å². The second kappa shape index (κ2) is 16.9. The zero-order valence-corrected chi connectivity index (χ0v) is 33.7. The van der Waals surface area contributed by atoms with Crippen LogP contribution >= 0.6 is 0 Å². The minimum Gasteiger partial charge on any atom is -0.206 e. The van der Waals surface area contributed by atoms with Crippen LogP contribution in [0.4, 0.5) is 35.1 Å². The van der Waals surface area contributed by atoms with Crippen molar-refractivity contribution in [1.29, 1.82) is 0 Å². The highest BCUT2D eigenvalue weighted by Crippen LogP contribution is 2.56. The Balaban J connectivity index is 1.39. The third-order valence-corrected chi connectivity index (χ3v) is 11.3. The lowest BCUT2D eigenvalue weighted by atomic mass is 9.74. The van der Waals surface area contributed by atoms with Crippen LogP contribution in [0.15, 0.2) is 206 Å². The summed E-state index contributed by atoms with van der Waals surface area (Å²) in [6.07, 6.45) is -9.76. The zero-order chi connectivity index (χ0) is 44.6. The molecule has 0 bridgehead atoms. The highest BCUT2D eigenvalue weighted by Gasteiger charge is 2.36. The maximum atomic E-state index is 14.4. The van der Waals surface area contributed by atoms with Gasteiger partial charge in [0.1, 0.15) is 11.6 Å². The molecule has 0 spiro atoms. The lowest BCUT2D eigenvalue weighted by molar-refractivity contribution is -0.140. The Morgan fingerprint density at radius 3 is 0.656 bits per heavy atom. The van der Waals surface area contributed by atoms with Crippen molar-refractivity contribution in [3.05, 3.63) is 229 Å². The van der Waals surface area contributed by atoms with Gasteiger partial charge in [-0.05, 0) is 113 Å². The van der Waals surface area contributed by atoms with Gasteiger partial charge in [-0.2, -0.15) is 26.3 Å². The van der Waals surface area contributed by atoms with Crippen molar-refractivity contribution < 1.29 is 35.1 Å². The number of hydrogen-bond donors (Lipinski definition) is 0. The second-order valence-corrected chi connectivity index (χ2v) is 15.3. The Hall–Kier alpha value is -7.58. The van der Waals surface area contributed by atoms with Gasteiger partial charge in [0.15, 0.2) is 0 Å². The van der Waals surface area contributed by atoms with Gasteiger partial charge in [0.05, 0.1) is 11.1 Å². The highest BCUT2D eigenvalue weighted by atomic mass is 19.4. The van der Waals surface area contributed by atoms with E-state index in [4.69, 9.17) is 0 Å². The molecule has 9 rings (SSSR count). The van der Waals surface area contributed by atoms with Gasteiger partial charge >= 0.3 is 12.4 Å². The molecule has 0 heterocycles. The van der Waals surface area contributed by atoms with Gasteiger partial charge in [-0.25, -0.2) is 8.78 Å². The van der Waals surface area contributed by atoms with Crippen LogP contribution in [-0.4, -0.2) is 0 Å².